The first-order chi connectivity index (χ1) is 16.3. The highest BCUT2D eigenvalue weighted by Gasteiger charge is 2.21. The van der Waals surface area contributed by atoms with Crippen LogP contribution in [-0.4, -0.2) is 22.0 Å². The van der Waals surface area contributed by atoms with Crippen LogP contribution in [0, 0.1) is 17.0 Å². The second-order valence-electron chi connectivity index (χ2n) is 7.51. The molecule has 0 spiro atoms. The zero-order valence-corrected chi connectivity index (χ0v) is 19.4. The summed E-state index contributed by atoms with van der Waals surface area (Å²) in [4.78, 5) is 40.1. The average Bonchev–Trinajstić information content (AvgIpc) is 3.25. The van der Waals surface area contributed by atoms with Crippen LogP contribution >= 0.6 is 11.3 Å². The predicted molar refractivity (Wildman–Crippen MR) is 127 cm³/mol. The number of hydrogen-bond donors (Lipinski definition) is 0. The van der Waals surface area contributed by atoms with Crippen LogP contribution in [0.5, 0.6) is 11.5 Å². The Labute approximate surface area is 197 Å². The number of thiazole rings is 1. The number of non-ortho nitro benzene ring substituents is 1. The lowest BCUT2D eigenvalue weighted by molar-refractivity contribution is -0.384. The minimum atomic E-state index is -0.984. The fourth-order valence-electron chi connectivity index (χ4n) is 3.29. The molecule has 34 heavy (non-hydrogen) atoms. The Morgan fingerprint density at radius 2 is 2.00 bits per heavy atom. The molecule has 0 N–H and O–H groups in total. The Morgan fingerprint density at radius 3 is 2.62 bits per heavy atom. The molecule has 2 aromatic carbocycles. The highest BCUT2D eigenvalue weighted by molar-refractivity contribution is 7.13. The van der Waals surface area contributed by atoms with Gasteiger partial charge in [0.25, 0.3) is 5.69 Å². The quantitative estimate of drug-likeness (QED) is 0.156. The van der Waals surface area contributed by atoms with Crippen LogP contribution in [0.15, 0.2) is 57.3 Å². The molecule has 0 saturated heterocycles. The number of nitrogens with zero attached hydrogens (tertiary/aromatic N) is 2. The van der Waals surface area contributed by atoms with Crippen molar-refractivity contribution < 1.29 is 23.6 Å². The second-order valence-corrected chi connectivity index (χ2v) is 8.37. The molecule has 0 aliphatic carbocycles. The van der Waals surface area contributed by atoms with Crippen molar-refractivity contribution in [1.82, 2.24) is 4.98 Å². The molecular formula is C24H20N2O7S. The Bertz CT molecular complexity index is 1440. The molecule has 174 valence electrons. The highest BCUT2D eigenvalue weighted by atomic mass is 32.1. The molecule has 10 heteroatoms. The molecule has 0 amide bonds. The standard InChI is InChI=1S/C24H20N2O7S/c1-4-15-9-18-21(31-11-19(22(18)27)23-25-13(2)12-34-23)10-20(15)32-14(3)24(28)33-17-7-5-16(6-8-17)26(29)30/h5-12,14H,4H2,1-3H3. The van der Waals surface area contributed by atoms with Crippen molar-refractivity contribution in [3.63, 3.8) is 0 Å². The summed E-state index contributed by atoms with van der Waals surface area (Å²) in [7, 11) is 0. The Morgan fingerprint density at radius 1 is 1.26 bits per heavy atom. The Balaban J connectivity index is 1.57. The van der Waals surface area contributed by atoms with Gasteiger partial charge in [0.15, 0.2) is 6.10 Å². The lowest BCUT2D eigenvalue weighted by Crippen LogP contribution is -2.28. The van der Waals surface area contributed by atoms with Gasteiger partial charge in [0, 0.05) is 29.3 Å². The van der Waals surface area contributed by atoms with Crippen molar-refractivity contribution in [2.75, 3.05) is 0 Å². The third-order valence-corrected chi connectivity index (χ3v) is 6.08. The topological polar surface area (TPSA) is 122 Å². The van der Waals surface area contributed by atoms with Crippen LogP contribution in [0.3, 0.4) is 0 Å². The lowest BCUT2D eigenvalue weighted by atomic mass is 10.1. The molecule has 0 saturated carbocycles. The normalized spacial score (nSPS) is 11.9. The van der Waals surface area contributed by atoms with Gasteiger partial charge < -0.3 is 13.9 Å². The minimum Gasteiger partial charge on any atom is -0.479 e. The predicted octanol–water partition coefficient (Wildman–Crippen LogP) is 5.07. The maximum absolute atomic E-state index is 13.1. The zero-order chi connectivity index (χ0) is 24.4. The molecule has 1 atom stereocenters. The summed E-state index contributed by atoms with van der Waals surface area (Å²) in [6.45, 7) is 5.29. The van der Waals surface area contributed by atoms with Crippen LogP contribution in [0.25, 0.3) is 21.5 Å². The van der Waals surface area contributed by atoms with Crippen LogP contribution in [0.2, 0.25) is 0 Å². The van der Waals surface area contributed by atoms with Gasteiger partial charge >= 0.3 is 5.97 Å². The number of nitro groups is 1. The van der Waals surface area contributed by atoms with Crippen LogP contribution in [0.4, 0.5) is 5.69 Å². The molecule has 1 unspecified atom stereocenters. The number of rotatable bonds is 7. The van der Waals surface area contributed by atoms with Gasteiger partial charge in [-0.15, -0.1) is 11.3 Å². The van der Waals surface area contributed by atoms with E-state index in [-0.39, 0.29) is 16.9 Å². The fraction of sp³-hybridized carbons (Fsp3) is 0.208. The number of aromatic nitrogens is 1. The van der Waals surface area contributed by atoms with E-state index < -0.39 is 17.0 Å². The van der Waals surface area contributed by atoms with Crippen molar-refractivity contribution in [1.29, 1.82) is 0 Å². The van der Waals surface area contributed by atoms with E-state index in [9.17, 15) is 19.7 Å². The molecule has 0 fully saturated rings. The van der Waals surface area contributed by atoms with E-state index in [1.807, 2.05) is 19.2 Å². The summed E-state index contributed by atoms with van der Waals surface area (Å²) >= 11 is 1.37. The van der Waals surface area contributed by atoms with Crippen molar-refractivity contribution >= 4 is 34.0 Å². The van der Waals surface area contributed by atoms with Crippen molar-refractivity contribution in [2.45, 2.75) is 33.3 Å². The summed E-state index contributed by atoms with van der Waals surface area (Å²) in [5, 5.41) is 13.6. The van der Waals surface area contributed by atoms with E-state index in [0.717, 1.165) is 11.3 Å². The van der Waals surface area contributed by atoms with Gasteiger partial charge in [-0.3, -0.25) is 14.9 Å². The third kappa shape index (κ3) is 4.67. The number of aryl methyl sites for hydroxylation is 2. The summed E-state index contributed by atoms with van der Waals surface area (Å²) in [5.74, 6) is -0.118. The first-order valence-corrected chi connectivity index (χ1v) is 11.3. The zero-order valence-electron chi connectivity index (χ0n) is 18.6. The molecule has 0 aliphatic heterocycles. The van der Waals surface area contributed by atoms with Gasteiger partial charge in [0.1, 0.15) is 28.4 Å². The lowest BCUT2D eigenvalue weighted by Gasteiger charge is -2.17. The van der Waals surface area contributed by atoms with Gasteiger partial charge in [-0.05, 0) is 44.0 Å². The number of carbonyl (C=O) groups is 1. The third-order valence-electron chi connectivity index (χ3n) is 5.09. The summed E-state index contributed by atoms with van der Waals surface area (Å²) in [5.41, 5.74) is 1.96. The van der Waals surface area contributed by atoms with Gasteiger partial charge in [0.2, 0.25) is 5.43 Å². The maximum Gasteiger partial charge on any atom is 0.352 e. The summed E-state index contributed by atoms with van der Waals surface area (Å²) in [6, 6.07) is 8.46. The van der Waals surface area contributed by atoms with E-state index >= 15 is 0 Å². The number of nitro benzene ring substituents is 1. The molecule has 2 heterocycles. The van der Waals surface area contributed by atoms with Crippen molar-refractivity contribution in [3.05, 3.63) is 79.6 Å². The Kier molecular flexibility index (Phi) is 6.42. The molecular weight excluding hydrogens is 460 g/mol. The Hall–Kier alpha value is -4.05. The van der Waals surface area contributed by atoms with E-state index in [4.69, 9.17) is 13.9 Å². The summed E-state index contributed by atoms with van der Waals surface area (Å²) < 4.78 is 16.8. The van der Waals surface area contributed by atoms with E-state index in [1.54, 1.807) is 12.1 Å². The van der Waals surface area contributed by atoms with Crippen molar-refractivity contribution in [2.24, 2.45) is 0 Å². The van der Waals surface area contributed by atoms with E-state index in [1.165, 1.54) is 48.8 Å². The maximum atomic E-state index is 13.1. The molecule has 0 radical (unpaired) electrons. The second kappa shape index (κ2) is 9.44. The van der Waals surface area contributed by atoms with Gasteiger partial charge in [0.05, 0.1) is 15.9 Å². The number of fused-ring (bicyclic) bond motifs is 1. The van der Waals surface area contributed by atoms with Crippen LogP contribution < -0.4 is 14.9 Å². The molecule has 4 aromatic rings. The van der Waals surface area contributed by atoms with Crippen LogP contribution in [0.1, 0.15) is 25.1 Å². The van der Waals surface area contributed by atoms with Crippen LogP contribution in [-0.2, 0) is 11.2 Å². The summed E-state index contributed by atoms with van der Waals surface area (Å²) in [6.07, 6.45) is 0.947. The molecule has 0 aliphatic rings. The number of ether oxygens (including phenoxy) is 2. The highest BCUT2D eigenvalue weighted by Crippen LogP contribution is 2.29. The molecule has 4 rings (SSSR count). The minimum absolute atomic E-state index is 0.109. The number of hydrogen-bond acceptors (Lipinski definition) is 9. The van der Waals surface area contributed by atoms with Gasteiger partial charge in [-0.25, -0.2) is 9.78 Å². The molecule has 9 nitrogen and oxygen atoms in total. The van der Waals surface area contributed by atoms with Gasteiger partial charge in [-0.2, -0.15) is 0 Å². The fourth-order valence-corrected chi connectivity index (χ4v) is 4.09. The smallest absolute Gasteiger partial charge is 0.352 e. The number of carbonyl (C=O) groups excluding carboxylic acids is 1. The monoisotopic (exact) mass is 480 g/mol. The SMILES string of the molecule is CCc1cc2c(=O)c(-c3nc(C)cs3)coc2cc1OC(C)C(=O)Oc1ccc([N+](=O)[O-])cc1. The average molecular weight is 480 g/mol. The largest absolute Gasteiger partial charge is 0.479 e. The van der Waals surface area contributed by atoms with E-state index in [2.05, 4.69) is 4.98 Å². The number of esters is 1. The number of benzene rings is 2. The van der Waals surface area contributed by atoms with Crippen molar-refractivity contribution in [3.8, 4) is 22.1 Å². The molecule has 2 aromatic heterocycles. The molecule has 0 bridgehead atoms. The first kappa shape index (κ1) is 23.1. The first-order valence-electron chi connectivity index (χ1n) is 10.4. The van der Waals surface area contributed by atoms with Gasteiger partial charge in [-0.1, -0.05) is 6.92 Å². The van der Waals surface area contributed by atoms with E-state index in [0.29, 0.717) is 33.7 Å².